The molecule has 0 aliphatic carbocycles. The summed E-state index contributed by atoms with van der Waals surface area (Å²) in [4.78, 5) is 14.7. The van der Waals surface area contributed by atoms with Crippen molar-refractivity contribution < 1.29 is 13.9 Å². The van der Waals surface area contributed by atoms with Gasteiger partial charge in [0.25, 0.3) is 0 Å². The van der Waals surface area contributed by atoms with Crippen LogP contribution in [0.5, 0.6) is 0 Å². The molecule has 1 saturated heterocycles. The molecule has 1 aliphatic rings. The van der Waals surface area contributed by atoms with E-state index in [0.29, 0.717) is 19.8 Å². The zero-order valence-corrected chi connectivity index (χ0v) is 17.6. The van der Waals surface area contributed by atoms with Crippen molar-refractivity contribution in [3.63, 3.8) is 0 Å². The number of benzene rings is 1. The number of ether oxygens (including phenoxy) is 1. The van der Waals surface area contributed by atoms with Gasteiger partial charge in [0.05, 0.1) is 19.3 Å². The highest BCUT2D eigenvalue weighted by Crippen LogP contribution is 2.23. The van der Waals surface area contributed by atoms with Crippen LogP contribution >= 0.6 is 24.8 Å². The Kier molecular flexibility index (Phi) is 10.6. The van der Waals surface area contributed by atoms with Crippen LogP contribution < -0.4 is 11.1 Å². The lowest BCUT2D eigenvalue weighted by atomic mass is 10.0. The van der Waals surface area contributed by atoms with E-state index in [-0.39, 0.29) is 49.2 Å². The van der Waals surface area contributed by atoms with Crippen molar-refractivity contribution >= 4 is 30.7 Å². The van der Waals surface area contributed by atoms with Crippen LogP contribution in [0.4, 0.5) is 0 Å². The van der Waals surface area contributed by atoms with Crippen molar-refractivity contribution in [3.05, 3.63) is 59.5 Å². The normalized spacial score (nSPS) is 16.4. The van der Waals surface area contributed by atoms with Gasteiger partial charge in [-0.2, -0.15) is 0 Å². The largest absolute Gasteiger partial charge is 0.465 e. The minimum absolute atomic E-state index is 0. The van der Waals surface area contributed by atoms with Crippen molar-refractivity contribution in [1.29, 1.82) is 0 Å². The summed E-state index contributed by atoms with van der Waals surface area (Å²) in [5, 5.41) is 3.03. The van der Waals surface area contributed by atoms with Crippen LogP contribution in [0.25, 0.3) is 0 Å². The van der Waals surface area contributed by atoms with Gasteiger partial charge in [-0.1, -0.05) is 30.3 Å². The number of furan rings is 1. The van der Waals surface area contributed by atoms with Gasteiger partial charge in [-0.05, 0) is 24.6 Å². The Morgan fingerprint density at radius 2 is 1.82 bits per heavy atom. The lowest BCUT2D eigenvalue weighted by Gasteiger charge is -2.33. The lowest BCUT2D eigenvalue weighted by Crippen LogP contribution is -2.44. The number of hydrogen-bond donors (Lipinski definition) is 2. The third-order valence-corrected chi connectivity index (χ3v) is 4.70. The number of nitrogens with one attached hydrogen (secondary N) is 1. The van der Waals surface area contributed by atoms with Gasteiger partial charge in [-0.15, -0.1) is 24.8 Å². The summed E-state index contributed by atoms with van der Waals surface area (Å²) in [5.74, 6) is 1.69. The van der Waals surface area contributed by atoms with Crippen LogP contribution in [0.3, 0.4) is 0 Å². The van der Waals surface area contributed by atoms with Gasteiger partial charge in [0, 0.05) is 32.1 Å². The molecular weight excluding hydrogens is 401 g/mol. The molecule has 6 nitrogen and oxygen atoms in total. The smallest absolute Gasteiger partial charge is 0.221 e. The fourth-order valence-corrected chi connectivity index (χ4v) is 3.23. The summed E-state index contributed by atoms with van der Waals surface area (Å²) < 4.78 is 11.3. The molecule has 3 rings (SSSR count). The third-order valence-electron chi connectivity index (χ3n) is 4.70. The van der Waals surface area contributed by atoms with E-state index in [4.69, 9.17) is 14.9 Å². The Balaban J connectivity index is 0.00000196. The standard InChI is InChI=1S/C20H27N3O3.2ClH/c1-15-7-8-19(26-15)18(23-9-11-25-12-10-23)14-22-20(24)13-17(21)16-5-3-2-4-6-16;;/h2-8,17-18H,9-14,21H2,1H3,(H,22,24);2*1H. The Morgan fingerprint density at radius 3 is 2.43 bits per heavy atom. The summed E-state index contributed by atoms with van der Waals surface area (Å²) in [5.41, 5.74) is 7.12. The van der Waals surface area contributed by atoms with Crippen molar-refractivity contribution in [2.24, 2.45) is 5.73 Å². The molecule has 0 saturated carbocycles. The average molecular weight is 430 g/mol. The number of amides is 1. The highest BCUT2D eigenvalue weighted by molar-refractivity contribution is 5.85. The van der Waals surface area contributed by atoms with Crippen LogP contribution in [-0.2, 0) is 9.53 Å². The Bertz CT molecular complexity index is 706. The van der Waals surface area contributed by atoms with Gasteiger partial charge in [0.1, 0.15) is 11.5 Å². The first-order chi connectivity index (χ1) is 12.6. The fourth-order valence-electron chi connectivity index (χ4n) is 3.23. The van der Waals surface area contributed by atoms with E-state index >= 15 is 0 Å². The number of carbonyl (C=O) groups is 1. The molecule has 2 unspecified atom stereocenters. The maximum Gasteiger partial charge on any atom is 0.221 e. The monoisotopic (exact) mass is 429 g/mol. The molecule has 156 valence electrons. The van der Waals surface area contributed by atoms with E-state index in [1.807, 2.05) is 49.4 Å². The highest BCUT2D eigenvalue weighted by Gasteiger charge is 2.26. The van der Waals surface area contributed by atoms with Crippen LogP contribution in [0, 0.1) is 6.92 Å². The lowest BCUT2D eigenvalue weighted by molar-refractivity contribution is -0.121. The fraction of sp³-hybridized carbons (Fsp3) is 0.450. The number of morpholine rings is 1. The SMILES string of the molecule is Cc1ccc(C(CNC(=O)CC(N)c2ccccc2)N2CCOCC2)o1.Cl.Cl. The molecule has 2 heterocycles. The van der Waals surface area contributed by atoms with Crippen molar-refractivity contribution in [3.8, 4) is 0 Å². The first kappa shape index (κ1) is 24.5. The van der Waals surface area contributed by atoms with Crippen LogP contribution in [0.15, 0.2) is 46.9 Å². The summed E-state index contributed by atoms with van der Waals surface area (Å²) in [6, 6.07) is 13.3. The van der Waals surface area contributed by atoms with Gasteiger partial charge in [-0.3, -0.25) is 9.69 Å². The number of rotatable bonds is 7. The summed E-state index contributed by atoms with van der Waals surface area (Å²) >= 11 is 0. The number of hydrogen-bond acceptors (Lipinski definition) is 5. The topological polar surface area (TPSA) is 80.7 Å². The molecular formula is C20H29Cl2N3O3. The first-order valence-electron chi connectivity index (χ1n) is 9.09. The Morgan fingerprint density at radius 1 is 1.14 bits per heavy atom. The number of halogens is 2. The molecule has 8 heteroatoms. The second-order valence-electron chi connectivity index (χ2n) is 6.64. The van der Waals surface area contributed by atoms with E-state index in [9.17, 15) is 4.79 Å². The molecule has 2 atom stereocenters. The second kappa shape index (κ2) is 12.1. The summed E-state index contributed by atoms with van der Waals surface area (Å²) in [6.45, 7) is 5.46. The molecule has 0 bridgehead atoms. The van der Waals surface area contributed by atoms with Crippen LogP contribution in [-0.4, -0.2) is 43.7 Å². The summed E-state index contributed by atoms with van der Waals surface area (Å²) in [7, 11) is 0. The van der Waals surface area contributed by atoms with Crippen molar-refractivity contribution in [2.75, 3.05) is 32.8 Å². The van der Waals surface area contributed by atoms with Crippen molar-refractivity contribution in [1.82, 2.24) is 10.2 Å². The van der Waals surface area contributed by atoms with Gasteiger partial charge in [0.15, 0.2) is 0 Å². The molecule has 2 aromatic rings. The molecule has 1 fully saturated rings. The number of nitrogens with two attached hydrogens (primary N) is 1. The van der Waals surface area contributed by atoms with E-state index in [1.165, 1.54) is 0 Å². The average Bonchev–Trinajstić information content (AvgIpc) is 3.09. The Labute approximate surface area is 178 Å². The number of carbonyl (C=O) groups excluding carboxylic acids is 1. The van der Waals surface area contributed by atoms with E-state index in [1.54, 1.807) is 0 Å². The van der Waals surface area contributed by atoms with Gasteiger partial charge in [0.2, 0.25) is 5.91 Å². The van der Waals surface area contributed by atoms with Crippen molar-refractivity contribution in [2.45, 2.75) is 25.4 Å². The predicted molar refractivity (Wildman–Crippen MR) is 114 cm³/mol. The first-order valence-corrected chi connectivity index (χ1v) is 9.09. The molecule has 1 aromatic heterocycles. The molecule has 1 amide bonds. The van der Waals surface area contributed by atoms with Gasteiger partial charge >= 0.3 is 0 Å². The van der Waals surface area contributed by atoms with Gasteiger partial charge in [-0.25, -0.2) is 0 Å². The molecule has 0 radical (unpaired) electrons. The minimum Gasteiger partial charge on any atom is -0.465 e. The third kappa shape index (κ3) is 6.79. The molecule has 28 heavy (non-hydrogen) atoms. The van der Waals surface area contributed by atoms with Crippen LogP contribution in [0.2, 0.25) is 0 Å². The molecule has 3 N–H and O–H groups in total. The minimum atomic E-state index is -0.302. The number of aryl methyl sites for hydroxylation is 1. The molecule has 0 spiro atoms. The highest BCUT2D eigenvalue weighted by atomic mass is 35.5. The maximum absolute atomic E-state index is 12.4. The molecule has 1 aromatic carbocycles. The van der Waals surface area contributed by atoms with E-state index in [2.05, 4.69) is 10.2 Å². The van der Waals surface area contributed by atoms with Gasteiger partial charge < -0.3 is 20.2 Å². The zero-order valence-electron chi connectivity index (χ0n) is 16.0. The van der Waals surface area contributed by atoms with E-state index < -0.39 is 0 Å². The second-order valence-corrected chi connectivity index (χ2v) is 6.64. The number of nitrogens with zero attached hydrogens (tertiary/aromatic N) is 1. The van der Waals surface area contributed by atoms with E-state index in [0.717, 1.165) is 30.2 Å². The predicted octanol–water partition coefficient (Wildman–Crippen LogP) is 3.01. The summed E-state index contributed by atoms with van der Waals surface area (Å²) in [6.07, 6.45) is 0.261. The zero-order chi connectivity index (χ0) is 18.4. The molecule has 1 aliphatic heterocycles. The Hall–Kier alpha value is -1.57. The van der Waals surface area contributed by atoms with Crippen LogP contribution in [0.1, 0.15) is 35.6 Å². The maximum atomic E-state index is 12.4. The quantitative estimate of drug-likeness (QED) is 0.706.